The van der Waals surface area contributed by atoms with E-state index in [0.29, 0.717) is 49.1 Å². The third-order valence-corrected chi connectivity index (χ3v) is 4.39. The average Bonchev–Trinajstić information content (AvgIpc) is 2.57. The molecule has 24 heavy (non-hydrogen) atoms. The fourth-order valence-electron chi connectivity index (χ4n) is 3.05. The predicted molar refractivity (Wildman–Crippen MR) is 91.9 cm³/mol. The van der Waals surface area contributed by atoms with E-state index in [4.69, 9.17) is 4.74 Å². The number of nitrogens with zero attached hydrogens (tertiary/aromatic N) is 2. The van der Waals surface area contributed by atoms with E-state index >= 15 is 0 Å². The zero-order valence-electron chi connectivity index (χ0n) is 14.1. The second kappa shape index (κ2) is 7.13. The number of benzene rings is 1. The quantitative estimate of drug-likeness (QED) is 0.929. The number of para-hydroxylation sites is 1. The van der Waals surface area contributed by atoms with Crippen LogP contribution in [0.2, 0.25) is 0 Å². The van der Waals surface area contributed by atoms with Gasteiger partial charge in [-0.3, -0.25) is 9.59 Å². The first-order valence-corrected chi connectivity index (χ1v) is 8.43. The summed E-state index contributed by atoms with van der Waals surface area (Å²) < 4.78 is 5.55. The van der Waals surface area contributed by atoms with Gasteiger partial charge in [0, 0.05) is 19.4 Å². The van der Waals surface area contributed by atoms with Crippen molar-refractivity contribution in [2.45, 2.75) is 45.3 Å². The van der Waals surface area contributed by atoms with Gasteiger partial charge < -0.3 is 14.6 Å². The third-order valence-electron chi connectivity index (χ3n) is 4.39. The second-order valence-electron chi connectivity index (χ2n) is 6.42. The van der Waals surface area contributed by atoms with E-state index in [1.54, 1.807) is 6.07 Å². The maximum Gasteiger partial charge on any atom is 0.258 e. The number of hydrogen-bond donors (Lipinski definition) is 1. The van der Waals surface area contributed by atoms with Gasteiger partial charge in [0.2, 0.25) is 5.91 Å². The van der Waals surface area contributed by atoms with Crippen molar-refractivity contribution in [1.29, 1.82) is 0 Å². The lowest BCUT2D eigenvalue weighted by atomic mass is 10.1. The summed E-state index contributed by atoms with van der Waals surface area (Å²) in [6.07, 6.45) is 1.79. The lowest BCUT2D eigenvalue weighted by Gasteiger charge is -2.36. The lowest BCUT2D eigenvalue weighted by Crippen LogP contribution is -2.50. The van der Waals surface area contributed by atoms with Crippen molar-refractivity contribution < 1.29 is 9.53 Å². The molecule has 1 aromatic heterocycles. The van der Waals surface area contributed by atoms with Gasteiger partial charge in [-0.2, -0.15) is 0 Å². The number of hydrogen-bond acceptors (Lipinski definition) is 4. The Balaban J connectivity index is 1.60. The molecule has 0 saturated carbocycles. The number of morpholine rings is 1. The Morgan fingerprint density at radius 3 is 3.00 bits per heavy atom. The van der Waals surface area contributed by atoms with Crippen molar-refractivity contribution in [2.24, 2.45) is 0 Å². The zero-order valence-corrected chi connectivity index (χ0v) is 14.1. The number of amides is 1. The molecule has 1 aliphatic rings. The summed E-state index contributed by atoms with van der Waals surface area (Å²) in [4.78, 5) is 33.6. The summed E-state index contributed by atoms with van der Waals surface area (Å²) >= 11 is 0. The molecule has 2 heterocycles. The van der Waals surface area contributed by atoms with E-state index in [9.17, 15) is 9.59 Å². The van der Waals surface area contributed by atoms with Gasteiger partial charge in [0.05, 0.1) is 29.7 Å². The van der Waals surface area contributed by atoms with Crippen LogP contribution in [0.15, 0.2) is 29.1 Å². The highest BCUT2D eigenvalue weighted by Crippen LogP contribution is 2.14. The van der Waals surface area contributed by atoms with E-state index in [-0.39, 0.29) is 23.6 Å². The molecule has 1 fully saturated rings. The summed E-state index contributed by atoms with van der Waals surface area (Å²) in [5.41, 5.74) is 0.566. The van der Waals surface area contributed by atoms with Crippen LogP contribution in [-0.2, 0) is 16.0 Å². The molecule has 3 rings (SSSR count). The average molecular weight is 329 g/mol. The highest BCUT2D eigenvalue weighted by Gasteiger charge is 2.26. The third kappa shape index (κ3) is 3.64. The van der Waals surface area contributed by atoms with E-state index in [1.165, 1.54) is 0 Å². The first kappa shape index (κ1) is 16.6. The summed E-state index contributed by atoms with van der Waals surface area (Å²) in [5.74, 6) is 0.774. The van der Waals surface area contributed by atoms with Crippen LogP contribution >= 0.6 is 0 Å². The number of rotatable bonds is 4. The van der Waals surface area contributed by atoms with Crippen LogP contribution in [0.1, 0.15) is 32.5 Å². The lowest BCUT2D eigenvalue weighted by molar-refractivity contribution is -0.143. The van der Waals surface area contributed by atoms with Crippen molar-refractivity contribution in [3.8, 4) is 0 Å². The molecule has 1 aliphatic heterocycles. The Bertz CT molecular complexity index is 786. The molecular weight excluding hydrogens is 306 g/mol. The summed E-state index contributed by atoms with van der Waals surface area (Å²) in [6.45, 7) is 5.22. The standard InChI is InChI=1S/C18H23N3O3/c1-12-11-24-13(2)10-21(12)17(22)9-5-8-16-19-15-7-4-3-6-14(15)18(23)20-16/h3-4,6-7,12-13H,5,8-11H2,1-2H3,(H,19,20,23). The minimum absolute atomic E-state index is 0.0867. The van der Waals surface area contributed by atoms with Gasteiger partial charge in [-0.25, -0.2) is 4.98 Å². The summed E-state index contributed by atoms with van der Waals surface area (Å²) in [6, 6.07) is 7.39. The number of aryl methyl sites for hydroxylation is 1. The Hall–Kier alpha value is -2.21. The van der Waals surface area contributed by atoms with Gasteiger partial charge in [0.1, 0.15) is 5.82 Å². The summed E-state index contributed by atoms with van der Waals surface area (Å²) in [5, 5.41) is 0.591. The molecule has 6 nitrogen and oxygen atoms in total. The molecule has 0 radical (unpaired) electrons. The maximum absolute atomic E-state index is 12.4. The molecule has 6 heteroatoms. The number of ether oxygens (including phenoxy) is 1. The van der Waals surface area contributed by atoms with E-state index in [1.807, 2.05) is 36.9 Å². The normalized spacial score (nSPS) is 21.2. The van der Waals surface area contributed by atoms with Crippen LogP contribution < -0.4 is 5.56 Å². The van der Waals surface area contributed by atoms with Crippen molar-refractivity contribution in [2.75, 3.05) is 13.2 Å². The van der Waals surface area contributed by atoms with Crippen molar-refractivity contribution >= 4 is 16.8 Å². The van der Waals surface area contributed by atoms with Crippen LogP contribution in [0.5, 0.6) is 0 Å². The van der Waals surface area contributed by atoms with Gasteiger partial charge in [-0.05, 0) is 32.4 Å². The molecule has 1 aromatic carbocycles. The minimum Gasteiger partial charge on any atom is -0.375 e. The molecule has 1 N–H and O–H groups in total. The number of aromatic nitrogens is 2. The van der Waals surface area contributed by atoms with Gasteiger partial charge in [0.25, 0.3) is 5.56 Å². The van der Waals surface area contributed by atoms with Crippen LogP contribution in [0, 0.1) is 0 Å². The Morgan fingerprint density at radius 1 is 1.38 bits per heavy atom. The molecular formula is C18H23N3O3. The number of carbonyl (C=O) groups is 1. The Labute approximate surface area is 140 Å². The first-order chi connectivity index (χ1) is 11.5. The second-order valence-corrected chi connectivity index (χ2v) is 6.42. The number of aromatic amines is 1. The SMILES string of the molecule is CC1CN(C(=O)CCCc2nc3ccccc3c(=O)[nH]2)C(C)CO1. The Morgan fingerprint density at radius 2 is 2.17 bits per heavy atom. The van der Waals surface area contributed by atoms with Gasteiger partial charge in [-0.1, -0.05) is 12.1 Å². The number of fused-ring (bicyclic) bond motifs is 1. The van der Waals surface area contributed by atoms with Gasteiger partial charge in [0.15, 0.2) is 0 Å². The molecule has 128 valence electrons. The molecule has 2 unspecified atom stereocenters. The van der Waals surface area contributed by atoms with Crippen molar-refractivity contribution in [1.82, 2.24) is 14.9 Å². The topological polar surface area (TPSA) is 75.3 Å². The largest absolute Gasteiger partial charge is 0.375 e. The monoisotopic (exact) mass is 329 g/mol. The summed E-state index contributed by atoms with van der Waals surface area (Å²) in [7, 11) is 0. The molecule has 1 saturated heterocycles. The highest BCUT2D eigenvalue weighted by molar-refractivity contribution is 5.77. The molecule has 1 amide bonds. The molecule has 2 aromatic rings. The van der Waals surface area contributed by atoms with Crippen LogP contribution in [0.25, 0.3) is 10.9 Å². The van der Waals surface area contributed by atoms with Crippen molar-refractivity contribution in [3.05, 3.63) is 40.4 Å². The van der Waals surface area contributed by atoms with E-state index in [0.717, 1.165) is 0 Å². The zero-order chi connectivity index (χ0) is 17.1. The molecule has 2 atom stereocenters. The van der Waals surface area contributed by atoms with Gasteiger partial charge >= 0.3 is 0 Å². The Kier molecular flexibility index (Phi) is 4.94. The smallest absolute Gasteiger partial charge is 0.258 e. The number of H-pyrrole nitrogens is 1. The fraction of sp³-hybridized carbons (Fsp3) is 0.500. The van der Waals surface area contributed by atoms with Crippen molar-refractivity contribution in [3.63, 3.8) is 0 Å². The first-order valence-electron chi connectivity index (χ1n) is 8.43. The van der Waals surface area contributed by atoms with Crippen LogP contribution in [-0.4, -0.2) is 46.1 Å². The molecule has 0 aliphatic carbocycles. The predicted octanol–water partition coefficient (Wildman–Crippen LogP) is 1.88. The maximum atomic E-state index is 12.4. The molecule has 0 spiro atoms. The highest BCUT2D eigenvalue weighted by atomic mass is 16.5. The minimum atomic E-state index is -0.127. The van der Waals surface area contributed by atoms with E-state index < -0.39 is 0 Å². The van der Waals surface area contributed by atoms with Crippen LogP contribution in [0.3, 0.4) is 0 Å². The number of carbonyl (C=O) groups excluding carboxylic acids is 1. The molecule has 0 bridgehead atoms. The number of nitrogens with one attached hydrogen (secondary N) is 1. The van der Waals surface area contributed by atoms with E-state index in [2.05, 4.69) is 9.97 Å². The fourth-order valence-corrected chi connectivity index (χ4v) is 3.05. The van der Waals surface area contributed by atoms with Gasteiger partial charge in [-0.15, -0.1) is 0 Å². The van der Waals surface area contributed by atoms with Crippen LogP contribution in [0.4, 0.5) is 0 Å².